The first-order valence-electron chi connectivity index (χ1n) is 16.0. The van der Waals surface area contributed by atoms with Crippen molar-refractivity contribution in [3.8, 4) is 34.5 Å². The third-order valence-electron chi connectivity index (χ3n) is 8.22. The fourth-order valence-corrected chi connectivity index (χ4v) is 6.27. The van der Waals surface area contributed by atoms with Crippen LogP contribution in [0.4, 0.5) is 0 Å². The highest BCUT2D eigenvalue weighted by molar-refractivity contribution is 7.86. The van der Waals surface area contributed by atoms with Crippen LogP contribution in [0.2, 0.25) is 0 Å². The highest BCUT2D eigenvalue weighted by Crippen LogP contribution is 2.40. The number of fused-ring (bicyclic) bond motifs is 5. The molecule has 0 radical (unpaired) electrons. The van der Waals surface area contributed by atoms with Crippen molar-refractivity contribution in [1.82, 2.24) is 15.1 Å². The molecule has 2 aromatic carbocycles. The minimum atomic E-state index is -3.93. The first kappa shape index (κ1) is 36.9. The molecule has 2 aliphatic heterocycles. The molecule has 15 heteroatoms. The third kappa shape index (κ3) is 10.3. The van der Waals surface area contributed by atoms with Crippen LogP contribution < -0.4 is 33.2 Å². The molecule has 0 aliphatic carbocycles. The summed E-state index contributed by atoms with van der Waals surface area (Å²) in [5, 5.41) is 3.00. The van der Waals surface area contributed by atoms with Crippen LogP contribution in [0.25, 0.3) is 0 Å². The van der Waals surface area contributed by atoms with Gasteiger partial charge in [-0.2, -0.15) is 8.42 Å². The van der Waals surface area contributed by atoms with Crippen LogP contribution in [-0.4, -0.2) is 123 Å². The molecule has 1 fully saturated rings. The zero-order chi connectivity index (χ0) is 34.7. The predicted octanol–water partition coefficient (Wildman–Crippen LogP) is 2.98. The molecule has 1 saturated heterocycles. The Bertz CT molecular complexity index is 1520. The van der Waals surface area contributed by atoms with Crippen molar-refractivity contribution in [3.05, 3.63) is 35.4 Å². The minimum Gasteiger partial charge on any atom is -0.493 e. The highest BCUT2D eigenvalue weighted by Gasteiger charge is 2.25. The molecule has 2 aromatic rings. The highest BCUT2D eigenvalue weighted by atomic mass is 32.2. The molecule has 1 N–H and O–H groups in total. The van der Waals surface area contributed by atoms with Crippen LogP contribution in [0.1, 0.15) is 52.8 Å². The molecule has 2 aliphatic rings. The Hall–Kier alpha value is -3.95. The quantitative estimate of drug-likeness (QED) is 0.319. The second-order valence-corrected chi connectivity index (χ2v) is 13.2. The van der Waals surface area contributed by atoms with Gasteiger partial charge in [-0.25, -0.2) is 4.79 Å². The molecule has 3 atom stereocenters. The number of benzene rings is 2. The Morgan fingerprint density at radius 3 is 2.10 bits per heavy atom. The van der Waals surface area contributed by atoms with E-state index >= 15 is 0 Å². The van der Waals surface area contributed by atoms with E-state index in [-0.39, 0.29) is 35.3 Å². The third-order valence-corrected chi connectivity index (χ3v) is 8.70. The van der Waals surface area contributed by atoms with Crippen LogP contribution in [-0.2, 0) is 14.9 Å². The van der Waals surface area contributed by atoms with Gasteiger partial charge in [-0.3, -0.25) is 4.79 Å². The summed E-state index contributed by atoms with van der Waals surface area (Å²) in [4.78, 5) is 31.4. The molecular weight excluding hydrogens is 646 g/mol. The van der Waals surface area contributed by atoms with Crippen LogP contribution >= 0.6 is 0 Å². The molecule has 4 bridgehead atoms. The Kier molecular flexibility index (Phi) is 13.4. The second-order valence-electron chi connectivity index (χ2n) is 11.7. The SMILES string of the molecule is COc1cc2cc(c1OC)OCCC[C@@H](OC(=O)c1cc(OC)c(OC)c(OS(C)(=O)=O)c1)CCN1CCCN(CCCNC2=O)CC1. The molecule has 48 heavy (non-hydrogen) atoms. The number of carbonyl (C=O) groups is 2. The topological polar surface area (TPSA) is 151 Å². The largest absolute Gasteiger partial charge is 0.493 e. The van der Waals surface area contributed by atoms with Crippen molar-refractivity contribution >= 4 is 22.0 Å². The normalized spacial score (nSPS) is 21.2. The minimum absolute atomic E-state index is 0.0346. The second kappa shape index (κ2) is 17.4. The number of hydrogen-bond acceptors (Lipinski definition) is 13. The average molecular weight is 694 g/mol. The number of methoxy groups -OCH3 is 4. The smallest absolute Gasteiger partial charge is 0.338 e. The van der Waals surface area contributed by atoms with Crippen molar-refractivity contribution in [1.29, 1.82) is 0 Å². The van der Waals surface area contributed by atoms with E-state index in [4.69, 9.17) is 32.6 Å². The zero-order valence-corrected chi connectivity index (χ0v) is 29.2. The molecular formula is C33H47N3O11S. The van der Waals surface area contributed by atoms with Crippen molar-refractivity contribution in [3.63, 3.8) is 0 Å². The Labute approximate surface area is 282 Å². The average Bonchev–Trinajstić information content (AvgIpc) is 3.30. The number of hydrogen-bond donors (Lipinski definition) is 1. The van der Waals surface area contributed by atoms with Gasteiger partial charge < -0.3 is 47.7 Å². The summed E-state index contributed by atoms with van der Waals surface area (Å²) < 4.78 is 62.8. The van der Waals surface area contributed by atoms with E-state index in [1.54, 1.807) is 12.1 Å². The van der Waals surface area contributed by atoms with Crippen LogP contribution in [0, 0.1) is 0 Å². The standard InChI is InChI=1S/C33H47N3O11S/c1-41-26-19-23-20-28(30(26)43-3)45-18-6-9-25(10-15-36-14-8-13-35(16-17-36)12-7-11-34-32(23)37)46-33(38)24-21-27(42-2)31(44-4)29(22-24)47-48(5,39)40/h19-22,25H,6-18H2,1-5H3,(H,34,37)/t25-/m1/s1. The Balaban J connectivity index is 1.57. The molecule has 266 valence electrons. The van der Waals surface area contributed by atoms with Crippen molar-refractivity contribution < 1.29 is 50.6 Å². The van der Waals surface area contributed by atoms with Gasteiger partial charge in [0.1, 0.15) is 6.10 Å². The zero-order valence-electron chi connectivity index (χ0n) is 28.4. The van der Waals surface area contributed by atoms with E-state index in [0.717, 1.165) is 58.4 Å². The fourth-order valence-electron chi connectivity index (χ4n) is 5.82. The van der Waals surface area contributed by atoms with Gasteiger partial charge in [0.2, 0.25) is 11.5 Å². The van der Waals surface area contributed by atoms with Gasteiger partial charge in [0.05, 0.1) is 46.9 Å². The van der Waals surface area contributed by atoms with Gasteiger partial charge in [-0.15, -0.1) is 0 Å². The number of esters is 1. The van der Waals surface area contributed by atoms with Crippen molar-refractivity contribution in [2.45, 2.75) is 38.2 Å². The van der Waals surface area contributed by atoms with Crippen LogP contribution in [0.3, 0.4) is 0 Å². The summed E-state index contributed by atoms with van der Waals surface area (Å²) in [7, 11) is 1.79. The van der Waals surface area contributed by atoms with Gasteiger partial charge in [-0.1, -0.05) is 0 Å². The van der Waals surface area contributed by atoms with Crippen LogP contribution in [0.5, 0.6) is 34.5 Å². The predicted molar refractivity (Wildman–Crippen MR) is 178 cm³/mol. The van der Waals surface area contributed by atoms with E-state index in [0.29, 0.717) is 48.6 Å². The summed E-state index contributed by atoms with van der Waals surface area (Å²) in [5.74, 6) is 0.191. The molecule has 2 heterocycles. The fraction of sp³-hybridized carbons (Fsp3) is 0.576. The molecule has 0 aromatic heterocycles. The van der Waals surface area contributed by atoms with E-state index in [2.05, 4.69) is 15.1 Å². The maximum Gasteiger partial charge on any atom is 0.338 e. The van der Waals surface area contributed by atoms with E-state index in [1.807, 2.05) is 0 Å². The van der Waals surface area contributed by atoms with Gasteiger partial charge in [0.25, 0.3) is 5.91 Å². The van der Waals surface area contributed by atoms with Crippen molar-refractivity contribution in [2.24, 2.45) is 0 Å². The summed E-state index contributed by atoms with van der Waals surface area (Å²) >= 11 is 0. The van der Waals surface area contributed by atoms with Gasteiger partial charge in [0, 0.05) is 37.8 Å². The van der Waals surface area contributed by atoms with E-state index in [1.165, 1.54) is 40.6 Å². The number of nitrogens with one attached hydrogen (secondary N) is 1. The monoisotopic (exact) mass is 693 g/mol. The first-order valence-corrected chi connectivity index (χ1v) is 17.8. The molecule has 14 nitrogen and oxygen atoms in total. The summed E-state index contributed by atoms with van der Waals surface area (Å²) in [6, 6.07) is 5.96. The van der Waals surface area contributed by atoms with Gasteiger partial charge in [0.15, 0.2) is 23.0 Å². The molecule has 0 spiro atoms. The van der Waals surface area contributed by atoms with E-state index < -0.39 is 22.2 Å². The summed E-state index contributed by atoms with van der Waals surface area (Å²) in [6.07, 6.45) is 3.81. The number of amides is 1. The van der Waals surface area contributed by atoms with E-state index in [9.17, 15) is 18.0 Å². The number of nitrogens with zero attached hydrogens (tertiary/aromatic N) is 2. The Morgan fingerprint density at radius 2 is 1.44 bits per heavy atom. The maximum atomic E-state index is 13.5. The first-order chi connectivity index (χ1) is 23.0. The molecule has 4 rings (SSSR count). The van der Waals surface area contributed by atoms with Crippen molar-refractivity contribution in [2.75, 3.05) is 87.1 Å². The molecule has 0 saturated carbocycles. The number of rotatable bonds is 8. The molecule has 2 unspecified atom stereocenters. The number of carbonyl (C=O) groups excluding carboxylic acids is 2. The lowest BCUT2D eigenvalue weighted by Crippen LogP contribution is -2.34. The summed E-state index contributed by atoms with van der Waals surface area (Å²) in [5.41, 5.74) is 0.447. The molecule has 1 amide bonds. The van der Waals surface area contributed by atoms with Gasteiger partial charge in [-0.05, 0) is 69.9 Å². The summed E-state index contributed by atoms with van der Waals surface area (Å²) in [6.45, 7) is 6.06. The lowest BCUT2D eigenvalue weighted by molar-refractivity contribution is 0.0221. The lowest BCUT2D eigenvalue weighted by atomic mass is 10.1. The maximum absolute atomic E-state index is 13.5. The van der Waals surface area contributed by atoms with Gasteiger partial charge >= 0.3 is 16.1 Å². The Morgan fingerprint density at radius 1 is 0.792 bits per heavy atom. The number of ether oxygens (including phenoxy) is 6. The lowest BCUT2D eigenvalue weighted by Gasteiger charge is -2.25. The van der Waals surface area contributed by atoms with Crippen LogP contribution in [0.15, 0.2) is 24.3 Å².